The van der Waals surface area contributed by atoms with E-state index in [1.54, 1.807) is 6.92 Å². The second kappa shape index (κ2) is 5.87. The molecule has 0 aliphatic heterocycles. The van der Waals surface area contributed by atoms with Crippen LogP contribution in [0.25, 0.3) is 0 Å². The van der Waals surface area contributed by atoms with Crippen LogP contribution in [0.4, 0.5) is 19.0 Å². The molecule has 1 aromatic rings. The standard InChI is InChI=1S/C11H15F3N4O/c1-2-18(6-9(16)19)10-7(5-15)3-4-8(17-10)11(12,13)14/h3-4H,2,5-6,15H2,1H3,(H2,16,19). The highest BCUT2D eigenvalue weighted by Crippen LogP contribution is 2.30. The summed E-state index contributed by atoms with van der Waals surface area (Å²) in [6.45, 7) is 1.79. The van der Waals surface area contributed by atoms with Gasteiger partial charge in [0.2, 0.25) is 5.91 Å². The molecule has 0 atom stereocenters. The molecule has 0 saturated carbocycles. The maximum absolute atomic E-state index is 12.6. The average molecular weight is 276 g/mol. The number of carbonyl (C=O) groups is 1. The summed E-state index contributed by atoms with van der Waals surface area (Å²) in [7, 11) is 0. The fourth-order valence-electron chi connectivity index (χ4n) is 1.59. The number of primary amides is 1. The molecule has 19 heavy (non-hydrogen) atoms. The third kappa shape index (κ3) is 3.82. The first-order valence-corrected chi connectivity index (χ1v) is 5.60. The van der Waals surface area contributed by atoms with Gasteiger partial charge in [-0.15, -0.1) is 0 Å². The largest absolute Gasteiger partial charge is 0.433 e. The van der Waals surface area contributed by atoms with E-state index in [1.807, 2.05) is 0 Å². The number of carbonyl (C=O) groups excluding carboxylic acids is 1. The highest BCUT2D eigenvalue weighted by Gasteiger charge is 2.33. The van der Waals surface area contributed by atoms with Gasteiger partial charge in [-0.2, -0.15) is 13.2 Å². The quantitative estimate of drug-likeness (QED) is 0.835. The smallest absolute Gasteiger partial charge is 0.368 e. The van der Waals surface area contributed by atoms with Gasteiger partial charge in [0.05, 0.1) is 6.54 Å². The van der Waals surface area contributed by atoms with Crippen LogP contribution >= 0.6 is 0 Å². The van der Waals surface area contributed by atoms with E-state index < -0.39 is 17.8 Å². The van der Waals surface area contributed by atoms with Crippen molar-refractivity contribution in [1.82, 2.24) is 4.98 Å². The molecule has 106 valence electrons. The number of pyridine rings is 1. The molecule has 1 aromatic heterocycles. The van der Waals surface area contributed by atoms with E-state index in [0.717, 1.165) is 6.07 Å². The van der Waals surface area contributed by atoms with Crippen molar-refractivity contribution >= 4 is 11.7 Å². The number of likely N-dealkylation sites (N-methyl/N-ethyl adjacent to an activating group) is 1. The first kappa shape index (κ1) is 15.2. The van der Waals surface area contributed by atoms with E-state index in [9.17, 15) is 18.0 Å². The highest BCUT2D eigenvalue weighted by molar-refractivity contribution is 5.79. The van der Waals surface area contributed by atoms with Crippen molar-refractivity contribution in [2.24, 2.45) is 11.5 Å². The van der Waals surface area contributed by atoms with E-state index in [1.165, 1.54) is 11.0 Å². The van der Waals surface area contributed by atoms with Crippen LogP contribution in [0.5, 0.6) is 0 Å². The first-order valence-electron chi connectivity index (χ1n) is 5.60. The molecule has 8 heteroatoms. The molecule has 1 amide bonds. The zero-order chi connectivity index (χ0) is 14.6. The number of nitrogens with two attached hydrogens (primary N) is 2. The van der Waals surface area contributed by atoms with Crippen LogP contribution < -0.4 is 16.4 Å². The molecule has 0 unspecified atom stereocenters. The Morgan fingerprint density at radius 3 is 2.47 bits per heavy atom. The monoisotopic (exact) mass is 276 g/mol. The summed E-state index contributed by atoms with van der Waals surface area (Å²) in [5.74, 6) is -0.609. The lowest BCUT2D eigenvalue weighted by atomic mass is 10.2. The second-order valence-corrected chi connectivity index (χ2v) is 3.86. The van der Waals surface area contributed by atoms with Crippen LogP contribution in [0.15, 0.2) is 12.1 Å². The molecular weight excluding hydrogens is 261 g/mol. The summed E-state index contributed by atoms with van der Waals surface area (Å²) in [6, 6.07) is 2.12. The SMILES string of the molecule is CCN(CC(N)=O)c1nc(C(F)(F)F)ccc1CN. The molecule has 4 N–H and O–H groups in total. The summed E-state index contributed by atoms with van der Waals surface area (Å²) < 4.78 is 37.9. The average Bonchev–Trinajstić information content (AvgIpc) is 2.33. The minimum absolute atomic E-state index is 0.0235. The summed E-state index contributed by atoms with van der Waals surface area (Å²) in [4.78, 5) is 15.8. The Hall–Kier alpha value is -1.83. The summed E-state index contributed by atoms with van der Waals surface area (Å²) >= 11 is 0. The molecule has 5 nitrogen and oxygen atoms in total. The Bertz CT molecular complexity index is 462. The lowest BCUT2D eigenvalue weighted by molar-refractivity contribution is -0.141. The zero-order valence-corrected chi connectivity index (χ0v) is 10.4. The highest BCUT2D eigenvalue weighted by atomic mass is 19.4. The number of aromatic nitrogens is 1. The predicted octanol–water partition coefficient (Wildman–Crippen LogP) is 0.871. The summed E-state index contributed by atoms with van der Waals surface area (Å²) in [6.07, 6.45) is -4.55. The number of halogens is 3. The second-order valence-electron chi connectivity index (χ2n) is 3.86. The zero-order valence-electron chi connectivity index (χ0n) is 10.4. The van der Waals surface area contributed by atoms with E-state index in [2.05, 4.69) is 4.98 Å². The number of amides is 1. The summed E-state index contributed by atoms with van der Waals surface area (Å²) in [5, 5.41) is 0. The van der Waals surface area contributed by atoms with Crippen LogP contribution in [-0.4, -0.2) is 24.0 Å². The van der Waals surface area contributed by atoms with Crippen molar-refractivity contribution in [2.45, 2.75) is 19.6 Å². The van der Waals surface area contributed by atoms with E-state index in [0.29, 0.717) is 12.1 Å². The van der Waals surface area contributed by atoms with Crippen molar-refractivity contribution in [3.05, 3.63) is 23.4 Å². The van der Waals surface area contributed by atoms with E-state index in [4.69, 9.17) is 11.5 Å². The maximum Gasteiger partial charge on any atom is 0.433 e. The molecule has 0 aliphatic carbocycles. The van der Waals surface area contributed by atoms with Gasteiger partial charge in [-0.05, 0) is 13.0 Å². The molecule has 1 rings (SSSR count). The normalized spacial score (nSPS) is 11.4. The third-order valence-electron chi connectivity index (χ3n) is 2.49. The van der Waals surface area contributed by atoms with Crippen molar-refractivity contribution in [3.63, 3.8) is 0 Å². The fraction of sp³-hybridized carbons (Fsp3) is 0.455. The molecule has 0 fully saturated rings. The Kier molecular flexibility index (Phi) is 4.71. The molecule has 0 saturated heterocycles. The van der Waals surface area contributed by atoms with Crippen molar-refractivity contribution in [2.75, 3.05) is 18.0 Å². The van der Waals surface area contributed by atoms with Crippen molar-refractivity contribution in [1.29, 1.82) is 0 Å². The summed E-state index contributed by atoms with van der Waals surface area (Å²) in [5.41, 5.74) is 9.93. The topological polar surface area (TPSA) is 85.2 Å². The molecule has 0 bridgehead atoms. The maximum atomic E-state index is 12.6. The Labute approximate surface area is 108 Å². The number of alkyl halides is 3. The Morgan fingerprint density at radius 1 is 1.42 bits per heavy atom. The molecule has 0 spiro atoms. The van der Waals surface area contributed by atoms with Gasteiger partial charge in [0.25, 0.3) is 0 Å². The first-order chi connectivity index (χ1) is 8.79. The number of hydrogen-bond donors (Lipinski definition) is 2. The molecular formula is C11H15F3N4O. The van der Waals surface area contributed by atoms with Crippen LogP contribution in [0, 0.1) is 0 Å². The van der Waals surface area contributed by atoms with Gasteiger partial charge in [-0.3, -0.25) is 4.79 Å². The van der Waals surface area contributed by atoms with Gasteiger partial charge in [0.1, 0.15) is 11.5 Å². The molecule has 1 heterocycles. The predicted molar refractivity (Wildman–Crippen MR) is 64.2 cm³/mol. The Morgan fingerprint density at radius 2 is 2.05 bits per heavy atom. The van der Waals surface area contributed by atoms with Gasteiger partial charge in [-0.25, -0.2) is 4.98 Å². The number of rotatable bonds is 5. The van der Waals surface area contributed by atoms with Gasteiger partial charge < -0.3 is 16.4 Å². The number of nitrogens with zero attached hydrogens (tertiary/aromatic N) is 2. The number of hydrogen-bond acceptors (Lipinski definition) is 4. The minimum Gasteiger partial charge on any atom is -0.368 e. The molecule has 0 radical (unpaired) electrons. The van der Waals surface area contributed by atoms with Gasteiger partial charge in [0.15, 0.2) is 0 Å². The van der Waals surface area contributed by atoms with E-state index >= 15 is 0 Å². The van der Waals surface area contributed by atoms with Crippen LogP contribution in [-0.2, 0) is 17.5 Å². The molecule has 0 aliphatic rings. The lowest BCUT2D eigenvalue weighted by Crippen LogP contribution is -2.35. The fourth-order valence-corrected chi connectivity index (χ4v) is 1.59. The van der Waals surface area contributed by atoms with Crippen molar-refractivity contribution < 1.29 is 18.0 Å². The van der Waals surface area contributed by atoms with Gasteiger partial charge in [-0.1, -0.05) is 6.07 Å². The van der Waals surface area contributed by atoms with Crippen molar-refractivity contribution in [3.8, 4) is 0 Å². The van der Waals surface area contributed by atoms with Crippen LogP contribution in [0.3, 0.4) is 0 Å². The minimum atomic E-state index is -4.55. The number of anilines is 1. The third-order valence-corrected chi connectivity index (χ3v) is 2.49. The van der Waals surface area contributed by atoms with E-state index in [-0.39, 0.29) is 18.9 Å². The van der Waals surface area contributed by atoms with Crippen LogP contribution in [0.1, 0.15) is 18.2 Å². The van der Waals surface area contributed by atoms with Crippen LogP contribution in [0.2, 0.25) is 0 Å². The van der Waals surface area contributed by atoms with Gasteiger partial charge in [0, 0.05) is 18.7 Å². The molecule has 0 aromatic carbocycles. The lowest BCUT2D eigenvalue weighted by Gasteiger charge is -2.23. The van der Waals surface area contributed by atoms with Gasteiger partial charge >= 0.3 is 6.18 Å². The Balaban J connectivity index is 3.24.